The van der Waals surface area contributed by atoms with Gasteiger partial charge in [-0.15, -0.1) is 0 Å². The summed E-state index contributed by atoms with van der Waals surface area (Å²) in [4.78, 5) is 14.2. The molecule has 0 aliphatic rings. The van der Waals surface area contributed by atoms with E-state index in [0.29, 0.717) is 6.42 Å². The molecule has 0 saturated carbocycles. The molecule has 2 aromatic rings. The van der Waals surface area contributed by atoms with Crippen molar-refractivity contribution in [3.05, 3.63) is 45.2 Å². The number of nitrogens with two attached hydrogens (primary N) is 1. The van der Waals surface area contributed by atoms with Crippen LogP contribution >= 0.6 is 0 Å². The highest BCUT2D eigenvalue weighted by molar-refractivity contribution is 5.80. The van der Waals surface area contributed by atoms with Crippen LogP contribution in [0.25, 0.3) is 11.1 Å². The SMILES string of the molecule is CCCCCCOc1cc(-c2c(C#N)c(N)[nH]c(=O)c2C#N)cc(F)c1F. The Hall–Kier alpha value is -3.39. The van der Waals surface area contributed by atoms with Crippen LogP contribution in [0.4, 0.5) is 14.6 Å². The Morgan fingerprint density at radius 1 is 1.15 bits per heavy atom. The van der Waals surface area contributed by atoms with Gasteiger partial charge in [-0.1, -0.05) is 26.2 Å². The van der Waals surface area contributed by atoms with Crippen LogP contribution in [0.5, 0.6) is 5.75 Å². The lowest BCUT2D eigenvalue weighted by Gasteiger charge is -2.13. The van der Waals surface area contributed by atoms with Crippen LogP contribution in [0.15, 0.2) is 16.9 Å². The summed E-state index contributed by atoms with van der Waals surface area (Å²) in [5.74, 6) is -3.01. The van der Waals surface area contributed by atoms with Crippen LogP contribution < -0.4 is 16.0 Å². The second-order valence-corrected chi connectivity index (χ2v) is 5.90. The monoisotopic (exact) mass is 372 g/mol. The summed E-state index contributed by atoms with van der Waals surface area (Å²) < 4.78 is 33.5. The molecule has 1 heterocycles. The number of hydrogen-bond acceptors (Lipinski definition) is 5. The Bertz CT molecular complexity index is 987. The summed E-state index contributed by atoms with van der Waals surface area (Å²) in [6, 6.07) is 5.42. The topological polar surface area (TPSA) is 116 Å². The Balaban J connectivity index is 2.53. The zero-order valence-corrected chi connectivity index (χ0v) is 14.7. The van der Waals surface area contributed by atoms with Crippen molar-refractivity contribution in [3.8, 4) is 29.0 Å². The van der Waals surface area contributed by atoms with Crippen molar-refractivity contribution >= 4 is 5.82 Å². The van der Waals surface area contributed by atoms with Crippen LogP contribution in [-0.2, 0) is 0 Å². The van der Waals surface area contributed by atoms with Gasteiger partial charge in [0.1, 0.15) is 29.1 Å². The first-order chi connectivity index (χ1) is 12.9. The maximum Gasteiger partial charge on any atom is 0.268 e. The molecule has 0 unspecified atom stereocenters. The van der Waals surface area contributed by atoms with Gasteiger partial charge < -0.3 is 15.5 Å². The molecule has 0 spiro atoms. The van der Waals surface area contributed by atoms with Gasteiger partial charge >= 0.3 is 0 Å². The number of pyridine rings is 1. The summed E-state index contributed by atoms with van der Waals surface area (Å²) in [6.45, 7) is 2.24. The molecular formula is C19H18F2N4O2. The van der Waals surface area contributed by atoms with Gasteiger partial charge in [-0.2, -0.15) is 14.9 Å². The number of nitrogen functional groups attached to an aromatic ring is 1. The molecule has 0 atom stereocenters. The van der Waals surface area contributed by atoms with E-state index < -0.39 is 22.8 Å². The molecule has 0 saturated heterocycles. The van der Waals surface area contributed by atoms with E-state index in [9.17, 15) is 24.1 Å². The number of aromatic nitrogens is 1. The molecule has 0 amide bonds. The average molecular weight is 372 g/mol. The van der Waals surface area contributed by atoms with Crippen LogP contribution in [0, 0.1) is 34.3 Å². The third-order valence-electron chi connectivity index (χ3n) is 4.01. The van der Waals surface area contributed by atoms with E-state index >= 15 is 0 Å². The zero-order valence-electron chi connectivity index (χ0n) is 14.7. The molecule has 1 aromatic heterocycles. The third-order valence-corrected chi connectivity index (χ3v) is 4.01. The van der Waals surface area contributed by atoms with Crippen LogP contribution in [-0.4, -0.2) is 11.6 Å². The number of nitriles is 2. The number of benzene rings is 1. The highest BCUT2D eigenvalue weighted by Gasteiger charge is 2.21. The fourth-order valence-electron chi connectivity index (χ4n) is 2.66. The Morgan fingerprint density at radius 3 is 2.48 bits per heavy atom. The highest BCUT2D eigenvalue weighted by Crippen LogP contribution is 2.33. The van der Waals surface area contributed by atoms with Gasteiger partial charge in [-0.3, -0.25) is 4.79 Å². The van der Waals surface area contributed by atoms with Crippen molar-refractivity contribution in [1.29, 1.82) is 10.5 Å². The second kappa shape index (κ2) is 8.81. The van der Waals surface area contributed by atoms with E-state index in [1.807, 2.05) is 6.92 Å². The van der Waals surface area contributed by atoms with E-state index in [2.05, 4.69) is 4.98 Å². The van der Waals surface area contributed by atoms with Crippen molar-refractivity contribution in [1.82, 2.24) is 4.98 Å². The van der Waals surface area contributed by atoms with Crippen molar-refractivity contribution < 1.29 is 13.5 Å². The molecular weight excluding hydrogens is 354 g/mol. The standard InChI is InChI=1S/C19H18F2N4O2/c1-2-3-4-5-6-27-15-8-11(7-14(20)17(15)21)16-12(9-22)18(24)25-19(26)13(16)10-23/h7-8H,2-6H2,1H3,(H3,24,25,26). The molecule has 140 valence electrons. The molecule has 0 aliphatic carbocycles. The summed E-state index contributed by atoms with van der Waals surface area (Å²) in [6.07, 6.45) is 3.59. The van der Waals surface area contributed by atoms with Crippen LogP contribution in [0.3, 0.4) is 0 Å². The summed E-state index contributed by atoms with van der Waals surface area (Å²) in [5.41, 5.74) is 4.00. The Morgan fingerprint density at radius 2 is 1.85 bits per heavy atom. The van der Waals surface area contributed by atoms with E-state index in [1.165, 1.54) is 0 Å². The molecule has 2 rings (SSSR count). The molecule has 0 bridgehead atoms. The Labute approximate surface area is 154 Å². The van der Waals surface area contributed by atoms with E-state index in [0.717, 1.165) is 31.4 Å². The molecule has 0 aliphatic heterocycles. The minimum atomic E-state index is -1.22. The predicted octanol–water partition coefficient (Wildman–Crippen LogP) is 3.60. The van der Waals surface area contributed by atoms with Crippen molar-refractivity contribution in [2.75, 3.05) is 12.3 Å². The molecule has 0 fully saturated rings. The van der Waals surface area contributed by atoms with Gasteiger partial charge in [0.2, 0.25) is 5.82 Å². The lowest BCUT2D eigenvalue weighted by Crippen LogP contribution is -2.16. The highest BCUT2D eigenvalue weighted by atomic mass is 19.2. The van der Waals surface area contributed by atoms with Crippen molar-refractivity contribution in [2.45, 2.75) is 32.6 Å². The number of anilines is 1. The van der Waals surface area contributed by atoms with Crippen LogP contribution in [0.1, 0.15) is 43.7 Å². The molecule has 1 aromatic carbocycles. The first-order valence-corrected chi connectivity index (χ1v) is 8.42. The first kappa shape index (κ1) is 19.9. The molecule has 0 radical (unpaired) electrons. The third kappa shape index (κ3) is 4.24. The average Bonchev–Trinajstić information content (AvgIpc) is 2.64. The minimum Gasteiger partial charge on any atom is -0.490 e. The molecule has 6 nitrogen and oxygen atoms in total. The number of aromatic amines is 1. The van der Waals surface area contributed by atoms with Gasteiger partial charge in [-0.05, 0) is 24.1 Å². The van der Waals surface area contributed by atoms with Gasteiger partial charge in [0.15, 0.2) is 11.6 Å². The normalized spacial score (nSPS) is 10.3. The predicted molar refractivity (Wildman–Crippen MR) is 95.9 cm³/mol. The fourth-order valence-corrected chi connectivity index (χ4v) is 2.66. The number of hydrogen-bond donors (Lipinski definition) is 2. The number of H-pyrrole nitrogens is 1. The second-order valence-electron chi connectivity index (χ2n) is 5.90. The number of nitrogens with zero attached hydrogens (tertiary/aromatic N) is 2. The maximum atomic E-state index is 14.1. The first-order valence-electron chi connectivity index (χ1n) is 8.42. The van der Waals surface area contributed by atoms with Gasteiger partial charge in [0.05, 0.1) is 6.61 Å². The summed E-state index contributed by atoms with van der Waals surface area (Å²) in [7, 11) is 0. The number of halogens is 2. The largest absolute Gasteiger partial charge is 0.490 e. The van der Waals surface area contributed by atoms with Gasteiger partial charge in [0.25, 0.3) is 5.56 Å². The zero-order chi connectivity index (χ0) is 20.0. The van der Waals surface area contributed by atoms with Crippen molar-refractivity contribution in [3.63, 3.8) is 0 Å². The molecule has 8 heteroatoms. The maximum absolute atomic E-state index is 14.1. The van der Waals surface area contributed by atoms with Gasteiger partial charge in [0, 0.05) is 5.56 Å². The molecule has 3 N–H and O–H groups in total. The van der Waals surface area contributed by atoms with E-state index in [4.69, 9.17) is 10.5 Å². The number of unbranched alkanes of at least 4 members (excludes halogenated alkanes) is 3. The summed E-state index contributed by atoms with van der Waals surface area (Å²) >= 11 is 0. The lowest BCUT2D eigenvalue weighted by atomic mass is 9.96. The lowest BCUT2D eigenvalue weighted by molar-refractivity contribution is 0.285. The number of nitrogens with one attached hydrogen (secondary N) is 1. The van der Waals surface area contributed by atoms with Crippen molar-refractivity contribution in [2.24, 2.45) is 0 Å². The van der Waals surface area contributed by atoms with Gasteiger partial charge in [-0.25, -0.2) is 4.39 Å². The number of rotatable bonds is 7. The summed E-state index contributed by atoms with van der Waals surface area (Å²) in [5, 5.41) is 18.6. The fraction of sp³-hybridized carbons (Fsp3) is 0.316. The van der Waals surface area contributed by atoms with Crippen LogP contribution in [0.2, 0.25) is 0 Å². The molecule has 27 heavy (non-hydrogen) atoms. The number of ether oxygens (including phenoxy) is 1. The van der Waals surface area contributed by atoms with E-state index in [1.54, 1.807) is 12.1 Å². The minimum absolute atomic E-state index is 0.0386. The quantitative estimate of drug-likeness (QED) is 0.720. The van der Waals surface area contributed by atoms with E-state index in [-0.39, 0.29) is 34.9 Å². The smallest absolute Gasteiger partial charge is 0.268 e. The Kier molecular flexibility index (Phi) is 6.51.